The van der Waals surface area contributed by atoms with E-state index in [4.69, 9.17) is 0 Å². The van der Waals surface area contributed by atoms with Gasteiger partial charge in [-0.25, -0.2) is 13.2 Å². The van der Waals surface area contributed by atoms with Gasteiger partial charge in [0.05, 0.1) is 6.42 Å². The van der Waals surface area contributed by atoms with Gasteiger partial charge in [0.1, 0.15) is 0 Å². The Labute approximate surface area is 60.9 Å². The Morgan fingerprint density at radius 1 is 1.22 bits per heavy atom. The molecule has 0 saturated heterocycles. The molecule has 0 amide bonds. The van der Waals surface area contributed by atoms with Gasteiger partial charge >= 0.3 is 0 Å². The van der Waals surface area contributed by atoms with Crippen molar-refractivity contribution in [2.75, 3.05) is 0 Å². The molecule has 0 spiro atoms. The summed E-state index contributed by atoms with van der Waals surface area (Å²) in [6.07, 6.45) is -1.18. The van der Waals surface area contributed by atoms with Crippen LogP contribution < -0.4 is 0 Å². The van der Waals surface area contributed by atoms with Crippen molar-refractivity contribution in [2.45, 2.75) is 23.9 Å². The topological polar surface area (TPSA) is 0 Å². The van der Waals surface area contributed by atoms with E-state index in [1.54, 1.807) is 0 Å². The van der Waals surface area contributed by atoms with E-state index in [9.17, 15) is 13.2 Å². The van der Waals surface area contributed by atoms with E-state index < -0.39 is 16.9 Å². The summed E-state index contributed by atoms with van der Waals surface area (Å²) in [5, 5.41) is 0. The van der Waals surface area contributed by atoms with Gasteiger partial charge in [-0.2, -0.15) is 0 Å². The first kappa shape index (κ1) is 9.37. The molecule has 0 aromatic carbocycles. The lowest BCUT2D eigenvalue weighted by atomic mass is 10.3. The molecule has 0 bridgehead atoms. The molecule has 0 aliphatic rings. The zero-order valence-corrected chi connectivity index (χ0v) is 6.11. The normalized spacial score (nSPS) is 14.0. The summed E-state index contributed by atoms with van der Waals surface area (Å²) in [7, 11) is 0. The minimum Gasteiger partial charge on any atom is -0.208 e. The zero-order chi connectivity index (χ0) is 7.71. The molecule has 0 aromatic heterocycles. The third kappa shape index (κ3) is 8.37. The third-order valence-electron chi connectivity index (χ3n) is 0.511. The summed E-state index contributed by atoms with van der Waals surface area (Å²) in [5.41, 5.74) is 0. The predicted molar refractivity (Wildman–Crippen MR) is 30.8 cm³/mol. The number of hydrogen-bond acceptors (Lipinski definition) is 0. The second kappa shape index (κ2) is 2.54. The molecule has 0 atom stereocenters. The molecule has 0 rings (SSSR count). The average Bonchev–Trinajstić information content (AvgIpc) is 1.14. The van der Waals surface area contributed by atoms with Crippen LogP contribution in [0.15, 0.2) is 0 Å². The molecule has 0 aromatic rings. The Morgan fingerprint density at radius 2 is 1.56 bits per heavy atom. The Hall–Kier alpha value is 0.370. The van der Waals surface area contributed by atoms with Gasteiger partial charge in [0.2, 0.25) is 0 Å². The highest BCUT2D eigenvalue weighted by atomic mass is 35.5. The van der Waals surface area contributed by atoms with E-state index in [-0.39, 0.29) is 0 Å². The molecule has 0 fully saturated rings. The molecular weight excluding hydrogens is 176 g/mol. The monoisotopic (exact) mass is 180 g/mol. The van der Waals surface area contributed by atoms with Crippen molar-refractivity contribution >= 4 is 23.2 Å². The van der Waals surface area contributed by atoms with Gasteiger partial charge in [-0.1, -0.05) is 23.2 Å². The Kier molecular flexibility index (Phi) is 2.65. The van der Waals surface area contributed by atoms with E-state index in [1.165, 1.54) is 0 Å². The van der Waals surface area contributed by atoms with Crippen LogP contribution in [0.5, 0.6) is 0 Å². The molecule has 9 heavy (non-hydrogen) atoms. The van der Waals surface area contributed by atoms with Crippen LogP contribution in [0.2, 0.25) is 0 Å². The first-order valence-electron chi connectivity index (χ1n) is 2.15. The van der Waals surface area contributed by atoms with Crippen LogP contribution in [0.4, 0.5) is 13.2 Å². The highest BCUT2D eigenvalue weighted by Crippen LogP contribution is 2.34. The van der Waals surface area contributed by atoms with Crippen molar-refractivity contribution in [1.29, 1.82) is 0 Å². The first-order valence-corrected chi connectivity index (χ1v) is 2.91. The van der Waals surface area contributed by atoms with Crippen molar-refractivity contribution in [3.63, 3.8) is 0 Å². The molecule has 0 aliphatic heterocycles. The number of rotatable bonds is 2. The van der Waals surface area contributed by atoms with Crippen molar-refractivity contribution in [1.82, 2.24) is 0 Å². The molecule has 0 aliphatic carbocycles. The van der Waals surface area contributed by atoms with E-state index in [1.807, 2.05) is 0 Å². The van der Waals surface area contributed by atoms with E-state index in [0.29, 0.717) is 6.92 Å². The SMILES string of the molecule is CC(F)(F)CC(F)(Cl)Cl. The highest BCUT2D eigenvalue weighted by molar-refractivity contribution is 6.47. The average molecular weight is 181 g/mol. The number of hydrogen-bond donors (Lipinski definition) is 0. The third-order valence-corrected chi connectivity index (χ3v) is 0.778. The fraction of sp³-hybridized carbons (Fsp3) is 1.00. The first-order chi connectivity index (χ1) is 3.71. The second-order valence-electron chi connectivity index (χ2n) is 1.86. The number of alkyl halides is 5. The Morgan fingerprint density at radius 3 is 1.56 bits per heavy atom. The molecule has 0 nitrogen and oxygen atoms in total. The van der Waals surface area contributed by atoms with Crippen LogP contribution in [0, 0.1) is 0 Å². The Bertz CT molecular complexity index is 79.0. The maximum atomic E-state index is 11.9. The van der Waals surface area contributed by atoms with Crippen molar-refractivity contribution < 1.29 is 13.2 Å². The van der Waals surface area contributed by atoms with E-state index in [0.717, 1.165) is 0 Å². The quantitative estimate of drug-likeness (QED) is 0.574. The van der Waals surface area contributed by atoms with Crippen molar-refractivity contribution in [3.8, 4) is 0 Å². The van der Waals surface area contributed by atoms with Gasteiger partial charge in [0.15, 0.2) is 0 Å². The summed E-state index contributed by atoms with van der Waals surface area (Å²) >= 11 is 9.27. The smallest absolute Gasteiger partial charge is 0.208 e. The summed E-state index contributed by atoms with van der Waals surface area (Å²) in [5.74, 6) is -3.15. The largest absolute Gasteiger partial charge is 0.263 e. The molecule has 0 N–H and O–H groups in total. The fourth-order valence-corrected chi connectivity index (χ4v) is 0.821. The van der Waals surface area contributed by atoms with Gasteiger partial charge in [-0.05, 0) is 6.92 Å². The number of halogens is 5. The maximum Gasteiger partial charge on any atom is 0.263 e. The molecule has 0 heterocycles. The molecule has 0 saturated carbocycles. The van der Waals surface area contributed by atoms with Crippen LogP contribution in [0.25, 0.3) is 0 Å². The highest BCUT2D eigenvalue weighted by Gasteiger charge is 2.35. The second-order valence-corrected chi connectivity index (χ2v) is 3.25. The lowest BCUT2D eigenvalue weighted by molar-refractivity contribution is -0.00411. The van der Waals surface area contributed by atoms with Gasteiger partial charge in [0, 0.05) is 0 Å². The van der Waals surface area contributed by atoms with Crippen molar-refractivity contribution in [3.05, 3.63) is 0 Å². The van der Waals surface area contributed by atoms with Crippen molar-refractivity contribution in [2.24, 2.45) is 0 Å². The molecule has 5 heteroatoms. The molecule has 56 valence electrons. The van der Waals surface area contributed by atoms with Gasteiger partial charge in [0.25, 0.3) is 10.5 Å². The van der Waals surface area contributed by atoms with Crippen LogP contribution in [-0.2, 0) is 0 Å². The van der Waals surface area contributed by atoms with Crippen LogP contribution >= 0.6 is 23.2 Å². The maximum absolute atomic E-state index is 11.9. The lowest BCUT2D eigenvalue weighted by Gasteiger charge is -2.14. The fourth-order valence-electron chi connectivity index (χ4n) is 0.352. The van der Waals surface area contributed by atoms with Gasteiger partial charge < -0.3 is 0 Å². The Balaban J connectivity index is 3.75. The van der Waals surface area contributed by atoms with Crippen LogP contribution in [0.3, 0.4) is 0 Å². The molecule has 0 radical (unpaired) electrons. The van der Waals surface area contributed by atoms with E-state index in [2.05, 4.69) is 23.2 Å². The van der Waals surface area contributed by atoms with E-state index >= 15 is 0 Å². The minimum atomic E-state index is -3.15. The molecular formula is C4H5Cl2F3. The van der Waals surface area contributed by atoms with Crippen LogP contribution in [-0.4, -0.2) is 10.5 Å². The summed E-state index contributed by atoms with van der Waals surface area (Å²) in [4.78, 5) is 0. The molecule has 0 unspecified atom stereocenters. The summed E-state index contributed by atoms with van der Waals surface area (Å²) in [6, 6.07) is 0. The summed E-state index contributed by atoms with van der Waals surface area (Å²) < 4.78 is 32.7. The van der Waals surface area contributed by atoms with Crippen LogP contribution in [0.1, 0.15) is 13.3 Å². The summed E-state index contributed by atoms with van der Waals surface area (Å²) in [6.45, 7) is 0.548. The minimum absolute atomic E-state index is 0.548. The zero-order valence-electron chi connectivity index (χ0n) is 4.60. The predicted octanol–water partition coefficient (Wildman–Crippen LogP) is 3.13. The van der Waals surface area contributed by atoms with Gasteiger partial charge in [-0.3, -0.25) is 0 Å². The lowest BCUT2D eigenvalue weighted by Crippen LogP contribution is -2.20. The van der Waals surface area contributed by atoms with Gasteiger partial charge in [-0.15, -0.1) is 0 Å². The standard InChI is InChI=1S/C4H5Cl2F3/c1-3(7,8)2-4(5,6)9/h2H2,1H3.